The highest BCUT2D eigenvalue weighted by molar-refractivity contribution is 5.92. The first kappa shape index (κ1) is 25.7. The fraction of sp³-hybridized carbons (Fsp3) is 0.179. The Morgan fingerprint density at radius 2 is 1.79 bits per heavy atom. The molecule has 0 spiro atoms. The number of carbonyl (C=O) groups is 1. The van der Waals surface area contributed by atoms with Crippen LogP contribution in [-0.2, 0) is 11.3 Å². The molecule has 0 fully saturated rings. The molecule has 0 aliphatic carbocycles. The second-order valence-electron chi connectivity index (χ2n) is 8.58. The van der Waals surface area contributed by atoms with Gasteiger partial charge in [0.25, 0.3) is 0 Å². The highest BCUT2D eigenvalue weighted by Gasteiger charge is 2.20. The number of aromatic nitrogens is 5. The van der Waals surface area contributed by atoms with E-state index in [1.165, 1.54) is 17.8 Å². The van der Waals surface area contributed by atoms with E-state index in [2.05, 4.69) is 25.4 Å². The monoisotopic (exact) mass is 530 g/mol. The van der Waals surface area contributed by atoms with Crippen molar-refractivity contribution in [1.82, 2.24) is 24.7 Å². The molecule has 5 aromatic rings. The highest BCUT2D eigenvalue weighted by atomic mass is 19.1. The molecule has 0 aliphatic rings. The van der Waals surface area contributed by atoms with E-state index in [0.29, 0.717) is 34.7 Å². The lowest BCUT2D eigenvalue weighted by molar-refractivity contribution is -0.118. The van der Waals surface area contributed by atoms with Crippen LogP contribution >= 0.6 is 0 Å². The smallest absolute Gasteiger partial charge is 0.183 e. The van der Waals surface area contributed by atoms with Crippen molar-refractivity contribution in [2.45, 2.75) is 20.4 Å². The fourth-order valence-corrected chi connectivity index (χ4v) is 3.98. The normalized spacial score (nSPS) is 11.0. The maximum absolute atomic E-state index is 14.8. The number of fused-ring (bicyclic) bond motifs is 1. The number of rotatable bonds is 10. The van der Waals surface area contributed by atoms with E-state index in [-0.39, 0.29) is 41.8 Å². The van der Waals surface area contributed by atoms with Crippen molar-refractivity contribution in [2.24, 2.45) is 0 Å². The number of ether oxygens (including phenoxy) is 2. The molecular weight excluding hydrogens is 506 g/mol. The van der Waals surface area contributed by atoms with E-state index in [0.717, 1.165) is 12.1 Å². The highest BCUT2D eigenvalue weighted by Crippen LogP contribution is 2.32. The second-order valence-corrected chi connectivity index (χ2v) is 8.58. The third kappa shape index (κ3) is 5.66. The largest absolute Gasteiger partial charge is 0.494 e. The zero-order valence-electron chi connectivity index (χ0n) is 21.2. The lowest BCUT2D eigenvalue weighted by Crippen LogP contribution is -2.10. The summed E-state index contributed by atoms with van der Waals surface area (Å²) in [7, 11) is 0. The summed E-state index contributed by atoms with van der Waals surface area (Å²) in [5.41, 5.74) is 1.60. The zero-order chi connectivity index (χ0) is 27.4. The molecule has 3 heterocycles. The SMILES string of the molecule is CCOc1cc(F)c(Cn2nc(-c3ncc(OCC(C)=O)c(Nc4ccncc4)n3)c3ccccc32)c(F)c1. The van der Waals surface area contributed by atoms with Crippen LogP contribution in [0.2, 0.25) is 0 Å². The molecule has 1 N–H and O–H groups in total. The summed E-state index contributed by atoms with van der Waals surface area (Å²) in [5, 5.41) is 8.49. The molecule has 198 valence electrons. The number of para-hydroxylation sites is 1. The minimum atomic E-state index is -0.730. The first-order valence-electron chi connectivity index (χ1n) is 12.2. The van der Waals surface area contributed by atoms with E-state index in [9.17, 15) is 13.6 Å². The third-order valence-electron chi connectivity index (χ3n) is 5.73. The topological polar surface area (TPSA) is 104 Å². The summed E-state index contributed by atoms with van der Waals surface area (Å²) < 4.78 is 42.1. The van der Waals surface area contributed by atoms with E-state index in [1.807, 2.05) is 18.2 Å². The minimum Gasteiger partial charge on any atom is -0.494 e. The van der Waals surface area contributed by atoms with Gasteiger partial charge in [0.1, 0.15) is 29.7 Å². The molecule has 0 saturated heterocycles. The van der Waals surface area contributed by atoms with Gasteiger partial charge in [-0.2, -0.15) is 5.10 Å². The van der Waals surface area contributed by atoms with Crippen molar-refractivity contribution < 1.29 is 23.0 Å². The van der Waals surface area contributed by atoms with Crippen LogP contribution in [0.25, 0.3) is 22.4 Å². The molecule has 0 atom stereocenters. The van der Waals surface area contributed by atoms with Crippen LogP contribution in [0, 0.1) is 11.6 Å². The van der Waals surface area contributed by atoms with Gasteiger partial charge in [0.2, 0.25) is 0 Å². The Morgan fingerprint density at radius 3 is 2.51 bits per heavy atom. The summed E-state index contributed by atoms with van der Waals surface area (Å²) in [6.07, 6.45) is 4.69. The van der Waals surface area contributed by atoms with E-state index < -0.39 is 11.6 Å². The van der Waals surface area contributed by atoms with E-state index in [4.69, 9.17) is 9.47 Å². The fourth-order valence-electron chi connectivity index (χ4n) is 3.98. The number of Topliss-reactive ketones (excluding diaryl/α,β-unsaturated/α-hetero) is 1. The predicted octanol–water partition coefficient (Wildman–Crippen LogP) is 5.32. The van der Waals surface area contributed by atoms with E-state index >= 15 is 0 Å². The molecule has 39 heavy (non-hydrogen) atoms. The summed E-state index contributed by atoms with van der Waals surface area (Å²) in [6.45, 7) is 3.14. The molecule has 11 heteroatoms. The van der Waals surface area contributed by atoms with Crippen molar-refractivity contribution in [1.29, 1.82) is 0 Å². The number of halogens is 2. The van der Waals surface area contributed by atoms with Crippen LogP contribution in [0.5, 0.6) is 11.5 Å². The molecule has 0 aliphatic heterocycles. The second kappa shape index (κ2) is 11.2. The van der Waals surface area contributed by atoms with Gasteiger partial charge < -0.3 is 14.8 Å². The Bertz CT molecular complexity index is 1620. The Kier molecular flexibility index (Phi) is 7.39. The van der Waals surface area contributed by atoms with Crippen LogP contribution in [0.15, 0.2) is 67.1 Å². The number of benzene rings is 2. The Hall–Kier alpha value is -4.93. The van der Waals surface area contributed by atoms with Gasteiger partial charge in [0.15, 0.2) is 23.2 Å². The number of hydrogen-bond acceptors (Lipinski definition) is 8. The number of carbonyl (C=O) groups excluding carboxylic acids is 1. The molecule has 9 nitrogen and oxygen atoms in total. The average molecular weight is 531 g/mol. The number of ketones is 1. The number of nitrogens with one attached hydrogen (secondary N) is 1. The van der Waals surface area contributed by atoms with Crippen molar-refractivity contribution in [2.75, 3.05) is 18.5 Å². The predicted molar refractivity (Wildman–Crippen MR) is 141 cm³/mol. The molecular formula is C28H24F2N6O3. The van der Waals surface area contributed by atoms with Crippen molar-refractivity contribution >= 4 is 28.2 Å². The van der Waals surface area contributed by atoms with Crippen LogP contribution < -0.4 is 14.8 Å². The maximum Gasteiger partial charge on any atom is 0.183 e. The zero-order valence-corrected chi connectivity index (χ0v) is 21.2. The average Bonchev–Trinajstić information content (AvgIpc) is 3.29. The maximum atomic E-state index is 14.8. The van der Waals surface area contributed by atoms with E-state index in [1.54, 1.807) is 37.5 Å². The van der Waals surface area contributed by atoms with Gasteiger partial charge in [-0.15, -0.1) is 0 Å². The van der Waals surface area contributed by atoms with Gasteiger partial charge >= 0.3 is 0 Å². The molecule has 2 aromatic carbocycles. The van der Waals surface area contributed by atoms with Crippen molar-refractivity contribution in [3.63, 3.8) is 0 Å². The van der Waals surface area contributed by atoms with Gasteiger partial charge in [-0.3, -0.25) is 14.5 Å². The van der Waals surface area contributed by atoms with Gasteiger partial charge in [0, 0.05) is 41.2 Å². The lowest BCUT2D eigenvalue weighted by Gasteiger charge is -2.12. The van der Waals surface area contributed by atoms with Gasteiger partial charge in [0.05, 0.1) is 24.9 Å². The first-order valence-corrected chi connectivity index (χ1v) is 12.2. The first-order chi connectivity index (χ1) is 18.9. The summed E-state index contributed by atoms with van der Waals surface area (Å²) in [5.74, 6) is -0.658. The molecule has 0 radical (unpaired) electrons. The quantitative estimate of drug-likeness (QED) is 0.259. The van der Waals surface area contributed by atoms with Crippen LogP contribution in [0.4, 0.5) is 20.3 Å². The summed E-state index contributed by atoms with van der Waals surface area (Å²) in [6, 6.07) is 13.1. The molecule has 0 bridgehead atoms. The third-order valence-corrected chi connectivity index (χ3v) is 5.73. The van der Waals surface area contributed by atoms with Crippen molar-refractivity contribution in [3.8, 4) is 23.0 Å². The number of pyridine rings is 1. The minimum absolute atomic E-state index is 0.122. The molecule has 0 saturated carbocycles. The van der Waals surface area contributed by atoms with Crippen LogP contribution in [0.3, 0.4) is 0 Å². The number of hydrogen-bond donors (Lipinski definition) is 1. The molecule has 3 aromatic heterocycles. The summed E-state index contributed by atoms with van der Waals surface area (Å²) in [4.78, 5) is 24.6. The molecule has 0 amide bonds. The lowest BCUT2D eigenvalue weighted by atomic mass is 10.1. The Balaban J connectivity index is 1.56. The Morgan fingerprint density at radius 1 is 1.05 bits per heavy atom. The molecule has 5 rings (SSSR count). The van der Waals surface area contributed by atoms with Gasteiger partial charge in [-0.05, 0) is 32.0 Å². The van der Waals surface area contributed by atoms with Crippen molar-refractivity contribution in [3.05, 3.63) is 84.3 Å². The number of anilines is 2. The van der Waals surface area contributed by atoms with Crippen LogP contribution in [-0.4, -0.2) is 43.7 Å². The Labute approximate surface area is 222 Å². The summed E-state index contributed by atoms with van der Waals surface area (Å²) >= 11 is 0. The standard InChI is InChI=1S/C28H24F2N6O3/c1-3-38-19-12-22(29)21(23(30)13-19)15-36-24-7-5-4-6-20(24)26(35-36)28-32-14-25(39-16-17(2)37)27(34-28)33-18-8-10-31-11-9-18/h4-14H,3,15-16H2,1-2H3,(H,31,32,33,34). The van der Waals surface area contributed by atoms with Crippen LogP contribution in [0.1, 0.15) is 19.4 Å². The molecule has 0 unspecified atom stereocenters. The van der Waals surface area contributed by atoms with Gasteiger partial charge in [-0.1, -0.05) is 18.2 Å². The number of nitrogens with zero attached hydrogens (tertiary/aromatic N) is 5. The van der Waals surface area contributed by atoms with Gasteiger partial charge in [-0.25, -0.2) is 18.7 Å².